The van der Waals surface area contributed by atoms with Gasteiger partial charge in [0.2, 0.25) is 4.96 Å². The van der Waals surface area contributed by atoms with Crippen molar-refractivity contribution in [2.75, 3.05) is 0 Å². The first-order valence-electron chi connectivity index (χ1n) is 8.39. The van der Waals surface area contributed by atoms with E-state index >= 15 is 0 Å². The molecule has 4 aromatic rings. The lowest BCUT2D eigenvalue weighted by atomic mass is 9.97. The van der Waals surface area contributed by atoms with E-state index in [9.17, 15) is 4.39 Å². The molecule has 7 heteroatoms. The molecule has 0 saturated carbocycles. The van der Waals surface area contributed by atoms with Crippen LogP contribution in [0.5, 0.6) is 5.75 Å². The molecule has 26 heavy (non-hydrogen) atoms. The fraction of sp³-hybridized carbons (Fsp3) is 0.211. The minimum Gasteiger partial charge on any atom is -0.486 e. The van der Waals surface area contributed by atoms with Crippen molar-refractivity contribution >= 4 is 16.3 Å². The number of nitrogens with zero attached hydrogens (tertiary/aromatic N) is 4. The number of hydrogen-bond donors (Lipinski definition) is 0. The molecule has 0 bridgehead atoms. The molecule has 0 radical (unpaired) electrons. The summed E-state index contributed by atoms with van der Waals surface area (Å²) in [6.45, 7) is 2.37. The first kappa shape index (κ1) is 16.7. The van der Waals surface area contributed by atoms with Gasteiger partial charge in [-0.15, -0.1) is 10.2 Å². The first-order chi connectivity index (χ1) is 12.7. The van der Waals surface area contributed by atoms with Gasteiger partial charge in [0.05, 0.1) is 0 Å². The molecule has 2 aromatic carbocycles. The van der Waals surface area contributed by atoms with E-state index in [-0.39, 0.29) is 18.3 Å². The van der Waals surface area contributed by atoms with Crippen LogP contribution in [0.3, 0.4) is 0 Å². The van der Waals surface area contributed by atoms with E-state index in [0.717, 1.165) is 16.4 Å². The Hall–Kier alpha value is -2.80. The summed E-state index contributed by atoms with van der Waals surface area (Å²) in [5, 5.41) is 14.1. The average Bonchev–Trinajstić information content (AvgIpc) is 3.24. The summed E-state index contributed by atoms with van der Waals surface area (Å²) in [5.41, 5.74) is 1.24. The van der Waals surface area contributed by atoms with E-state index in [0.29, 0.717) is 11.6 Å². The van der Waals surface area contributed by atoms with Gasteiger partial charge in [-0.3, -0.25) is 0 Å². The maximum atomic E-state index is 13.0. The van der Waals surface area contributed by atoms with Gasteiger partial charge in [-0.2, -0.15) is 9.61 Å². The normalized spacial score (nSPS) is 12.4. The van der Waals surface area contributed by atoms with Gasteiger partial charge in [0, 0.05) is 5.92 Å². The van der Waals surface area contributed by atoms with E-state index in [2.05, 4.69) is 29.3 Å². The van der Waals surface area contributed by atoms with Crippen molar-refractivity contribution < 1.29 is 9.13 Å². The summed E-state index contributed by atoms with van der Waals surface area (Å²) < 4.78 is 20.4. The molecule has 0 aliphatic heterocycles. The van der Waals surface area contributed by atoms with Crippen LogP contribution in [-0.2, 0) is 6.61 Å². The van der Waals surface area contributed by atoms with Gasteiger partial charge < -0.3 is 4.74 Å². The molecular formula is C19H17FN4OS. The van der Waals surface area contributed by atoms with Crippen LogP contribution >= 0.6 is 11.3 Å². The van der Waals surface area contributed by atoms with E-state index in [4.69, 9.17) is 9.84 Å². The van der Waals surface area contributed by atoms with Gasteiger partial charge in [-0.25, -0.2) is 4.39 Å². The Balaban J connectivity index is 1.57. The van der Waals surface area contributed by atoms with Crippen LogP contribution in [0.15, 0.2) is 54.6 Å². The van der Waals surface area contributed by atoms with Crippen molar-refractivity contribution in [2.24, 2.45) is 0 Å². The highest BCUT2D eigenvalue weighted by Gasteiger charge is 2.19. The summed E-state index contributed by atoms with van der Waals surface area (Å²) in [6.07, 6.45) is 0.954. The third-order valence-electron chi connectivity index (χ3n) is 4.16. The molecular weight excluding hydrogens is 351 g/mol. The van der Waals surface area contributed by atoms with E-state index in [1.54, 1.807) is 28.0 Å². The molecule has 2 aromatic heterocycles. The van der Waals surface area contributed by atoms with Crippen LogP contribution < -0.4 is 4.74 Å². The van der Waals surface area contributed by atoms with Crippen molar-refractivity contribution in [3.63, 3.8) is 0 Å². The zero-order chi connectivity index (χ0) is 17.9. The fourth-order valence-electron chi connectivity index (χ4n) is 2.82. The number of hydrogen-bond acceptors (Lipinski definition) is 5. The van der Waals surface area contributed by atoms with Gasteiger partial charge in [-0.1, -0.05) is 48.6 Å². The Morgan fingerprint density at radius 3 is 2.58 bits per heavy atom. The molecule has 0 fully saturated rings. The molecule has 1 atom stereocenters. The number of rotatable bonds is 6. The maximum absolute atomic E-state index is 13.0. The third kappa shape index (κ3) is 3.30. The molecule has 0 amide bonds. The predicted molar refractivity (Wildman–Crippen MR) is 98.0 cm³/mol. The van der Waals surface area contributed by atoms with Crippen LogP contribution in [0.25, 0.3) is 4.96 Å². The van der Waals surface area contributed by atoms with Crippen LogP contribution in [0, 0.1) is 5.82 Å². The Kier molecular flexibility index (Phi) is 4.62. The molecule has 132 valence electrons. The van der Waals surface area contributed by atoms with Gasteiger partial charge in [0.1, 0.15) is 23.2 Å². The van der Waals surface area contributed by atoms with E-state index in [1.807, 2.05) is 18.2 Å². The highest BCUT2D eigenvalue weighted by Crippen LogP contribution is 2.31. The summed E-state index contributed by atoms with van der Waals surface area (Å²) in [4.78, 5) is 0.743. The average molecular weight is 368 g/mol. The van der Waals surface area contributed by atoms with Crippen molar-refractivity contribution in [1.82, 2.24) is 19.8 Å². The SMILES string of the molecule is CCC(c1ccccc1)c1nn2c(COc3ccc(F)cc3)nnc2s1. The molecule has 5 nitrogen and oxygen atoms in total. The number of halogens is 1. The van der Waals surface area contributed by atoms with Crippen LogP contribution in [0.4, 0.5) is 4.39 Å². The number of ether oxygens (including phenoxy) is 1. The smallest absolute Gasteiger partial charge is 0.234 e. The second kappa shape index (κ2) is 7.21. The summed E-state index contributed by atoms with van der Waals surface area (Å²) in [5.74, 6) is 1.13. The molecule has 0 spiro atoms. The van der Waals surface area contributed by atoms with E-state index < -0.39 is 0 Å². The molecule has 0 N–H and O–H groups in total. The van der Waals surface area contributed by atoms with Gasteiger partial charge in [0.15, 0.2) is 5.82 Å². The lowest BCUT2D eigenvalue weighted by molar-refractivity contribution is 0.292. The maximum Gasteiger partial charge on any atom is 0.234 e. The topological polar surface area (TPSA) is 52.3 Å². The Labute approximate surface area is 154 Å². The lowest BCUT2D eigenvalue weighted by Crippen LogP contribution is -2.04. The molecule has 2 heterocycles. The highest BCUT2D eigenvalue weighted by atomic mass is 32.1. The second-order valence-electron chi connectivity index (χ2n) is 5.87. The molecule has 1 unspecified atom stereocenters. The molecule has 0 aliphatic rings. The van der Waals surface area contributed by atoms with Crippen molar-refractivity contribution in [3.05, 3.63) is 76.8 Å². The molecule has 0 aliphatic carbocycles. The summed E-state index contributed by atoms with van der Waals surface area (Å²) in [7, 11) is 0. The minimum absolute atomic E-state index is 0.220. The Morgan fingerprint density at radius 2 is 1.85 bits per heavy atom. The third-order valence-corrected chi connectivity index (χ3v) is 5.17. The highest BCUT2D eigenvalue weighted by molar-refractivity contribution is 7.16. The number of aromatic nitrogens is 4. The molecule has 4 rings (SSSR count). The number of benzene rings is 2. The Bertz CT molecular complexity index is 997. The predicted octanol–water partition coefficient (Wildman–Crippen LogP) is 4.45. The van der Waals surface area contributed by atoms with Crippen molar-refractivity contribution in [2.45, 2.75) is 25.9 Å². The van der Waals surface area contributed by atoms with Gasteiger partial charge in [-0.05, 0) is 36.2 Å². The fourth-order valence-corrected chi connectivity index (χ4v) is 3.89. The zero-order valence-electron chi connectivity index (χ0n) is 14.2. The Morgan fingerprint density at radius 1 is 1.08 bits per heavy atom. The molecule has 0 saturated heterocycles. The van der Waals surface area contributed by atoms with E-state index in [1.165, 1.54) is 17.7 Å². The van der Waals surface area contributed by atoms with Crippen LogP contribution in [-0.4, -0.2) is 19.8 Å². The second-order valence-corrected chi connectivity index (χ2v) is 6.85. The quantitative estimate of drug-likeness (QED) is 0.505. The summed E-state index contributed by atoms with van der Waals surface area (Å²) in [6, 6.07) is 16.2. The zero-order valence-corrected chi connectivity index (χ0v) is 15.0. The van der Waals surface area contributed by atoms with Crippen LogP contribution in [0.1, 0.15) is 35.7 Å². The minimum atomic E-state index is -0.294. The standard InChI is InChI=1S/C19H17FN4OS/c1-2-16(13-6-4-3-5-7-13)18-23-24-17(21-22-19(24)26-18)12-25-15-10-8-14(20)9-11-15/h3-11,16H,2,12H2,1H3. The summed E-state index contributed by atoms with van der Waals surface area (Å²) >= 11 is 1.54. The largest absolute Gasteiger partial charge is 0.486 e. The van der Waals surface area contributed by atoms with Gasteiger partial charge >= 0.3 is 0 Å². The lowest BCUT2D eigenvalue weighted by Gasteiger charge is -2.11. The van der Waals surface area contributed by atoms with Crippen molar-refractivity contribution in [3.8, 4) is 5.75 Å². The number of fused-ring (bicyclic) bond motifs is 1. The van der Waals surface area contributed by atoms with Crippen LogP contribution in [0.2, 0.25) is 0 Å². The van der Waals surface area contributed by atoms with Gasteiger partial charge in [0.25, 0.3) is 0 Å². The van der Waals surface area contributed by atoms with Crippen molar-refractivity contribution in [1.29, 1.82) is 0 Å². The monoisotopic (exact) mass is 368 g/mol. The first-order valence-corrected chi connectivity index (χ1v) is 9.20.